The van der Waals surface area contributed by atoms with Crippen molar-refractivity contribution in [1.82, 2.24) is 14.9 Å². The van der Waals surface area contributed by atoms with Gasteiger partial charge in [0.15, 0.2) is 0 Å². The second kappa shape index (κ2) is 5.92. The number of nitrogens with one attached hydrogen (secondary N) is 1. The zero-order valence-electron chi connectivity index (χ0n) is 9.69. The van der Waals surface area contributed by atoms with Gasteiger partial charge in [0, 0.05) is 18.7 Å². The minimum absolute atomic E-state index is 0.484. The van der Waals surface area contributed by atoms with E-state index in [0.717, 1.165) is 17.4 Å². The van der Waals surface area contributed by atoms with Crippen molar-refractivity contribution >= 4 is 17.6 Å². The van der Waals surface area contributed by atoms with Crippen molar-refractivity contribution in [2.24, 2.45) is 0 Å². The molecule has 0 amide bonds. The lowest BCUT2D eigenvalue weighted by molar-refractivity contribution is 0.326. The van der Waals surface area contributed by atoms with Gasteiger partial charge in [0.1, 0.15) is 17.2 Å². The second-order valence-electron chi connectivity index (χ2n) is 3.64. The molecule has 1 atom stereocenters. The molecule has 5 heteroatoms. The Morgan fingerprint density at radius 1 is 1.47 bits per heavy atom. The highest BCUT2D eigenvalue weighted by Gasteiger charge is 2.04. The first kappa shape index (κ1) is 12.3. The maximum absolute atomic E-state index is 4.16. The summed E-state index contributed by atoms with van der Waals surface area (Å²) in [5.74, 6) is 0.892. The molecule has 1 rings (SSSR count). The van der Waals surface area contributed by atoms with Crippen LogP contribution in [0, 0.1) is 0 Å². The molecule has 1 unspecified atom stereocenters. The molecule has 0 saturated carbocycles. The van der Waals surface area contributed by atoms with E-state index in [9.17, 15) is 0 Å². The van der Waals surface area contributed by atoms with Gasteiger partial charge in [-0.25, -0.2) is 9.97 Å². The zero-order chi connectivity index (χ0) is 11.3. The van der Waals surface area contributed by atoms with Crippen LogP contribution in [-0.4, -0.2) is 47.8 Å². The van der Waals surface area contributed by atoms with Crippen LogP contribution in [0.25, 0.3) is 0 Å². The molecular weight excluding hydrogens is 208 g/mol. The predicted octanol–water partition coefficient (Wildman–Crippen LogP) is 1.56. The third kappa shape index (κ3) is 4.05. The SMILES string of the molecule is CSc1cc(NCC(C)N(C)C)ncn1. The molecule has 1 N–H and O–H groups in total. The van der Waals surface area contributed by atoms with Crippen molar-refractivity contribution in [3.05, 3.63) is 12.4 Å². The van der Waals surface area contributed by atoms with Crippen molar-refractivity contribution in [2.45, 2.75) is 18.0 Å². The monoisotopic (exact) mass is 226 g/mol. The van der Waals surface area contributed by atoms with E-state index >= 15 is 0 Å². The van der Waals surface area contributed by atoms with E-state index < -0.39 is 0 Å². The molecule has 4 nitrogen and oxygen atoms in total. The van der Waals surface area contributed by atoms with E-state index in [1.54, 1.807) is 18.1 Å². The Bertz CT molecular complexity index is 303. The summed E-state index contributed by atoms with van der Waals surface area (Å²) in [6.45, 7) is 3.06. The molecule has 0 aliphatic rings. The average molecular weight is 226 g/mol. The lowest BCUT2D eigenvalue weighted by Gasteiger charge is -2.20. The van der Waals surface area contributed by atoms with Crippen LogP contribution in [0.15, 0.2) is 17.4 Å². The molecule has 0 bridgehead atoms. The molecular formula is C10H18N4S. The molecule has 1 aromatic rings. The van der Waals surface area contributed by atoms with Gasteiger partial charge in [-0.15, -0.1) is 11.8 Å². The van der Waals surface area contributed by atoms with E-state index in [-0.39, 0.29) is 0 Å². The summed E-state index contributed by atoms with van der Waals surface area (Å²) < 4.78 is 0. The third-order valence-corrected chi connectivity index (χ3v) is 2.95. The van der Waals surface area contributed by atoms with Crippen LogP contribution in [-0.2, 0) is 0 Å². The maximum atomic E-state index is 4.16. The largest absolute Gasteiger partial charge is 0.368 e. The highest BCUT2D eigenvalue weighted by Crippen LogP contribution is 2.13. The molecule has 1 heterocycles. The fourth-order valence-electron chi connectivity index (χ4n) is 0.983. The smallest absolute Gasteiger partial charge is 0.130 e. The van der Waals surface area contributed by atoms with Crippen LogP contribution < -0.4 is 5.32 Å². The van der Waals surface area contributed by atoms with Gasteiger partial charge in [-0.2, -0.15) is 0 Å². The van der Waals surface area contributed by atoms with Crippen molar-refractivity contribution in [1.29, 1.82) is 0 Å². The van der Waals surface area contributed by atoms with E-state index in [1.165, 1.54) is 0 Å². The topological polar surface area (TPSA) is 41.0 Å². The molecule has 0 fully saturated rings. The Kier molecular flexibility index (Phi) is 4.84. The average Bonchev–Trinajstić information content (AvgIpc) is 2.26. The Balaban J connectivity index is 2.50. The number of rotatable bonds is 5. The summed E-state index contributed by atoms with van der Waals surface area (Å²) in [5, 5.41) is 4.29. The van der Waals surface area contributed by atoms with Gasteiger partial charge in [-0.1, -0.05) is 0 Å². The fourth-order valence-corrected chi connectivity index (χ4v) is 1.36. The van der Waals surface area contributed by atoms with Crippen LogP contribution in [0.1, 0.15) is 6.92 Å². The Hall–Kier alpha value is -0.810. The first-order valence-electron chi connectivity index (χ1n) is 4.90. The molecule has 15 heavy (non-hydrogen) atoms. The Labute approximate surface area is 95.5 Å². The molecule has 0 spiro atoms. The van der Waals surface area contributed by atoms with Gasteiger partial charge >= 0.3 is 0 Å². The lowest BCUT2D eigenvalue weighted by atomic mass is 10.3. The summed E-state index contributed by atoms with van der Waals surface area (Å²) in [7, 11) is 4.14. The van der Waals surface area contributed by atoms with Gasteiger partial charge in [0.2, 0.25) is 0 Å². The number of thioether (sulfide) groups is 1. The van der Waals surface area contributed by atoms with Crippen molar-refractivity contribution in [3.63, 3.8) is 0 Å². The number of aromatic nitrogens is 2. The normalized spacial score (nSPS) is 12.9. The summed E-state index contributed by atoms with van der Waals surface area (Å²) in [5.41, 5.74) is 0. The van der Waals surface area contributed by atoms with Crippen molar-refractivity contribution in [2.75, 3.05) is 32.2 Å². The molecule has 1 aromatic heterocycles. The van der Waals surface area contributed by atoms with E-state index in [0.29, 0.717) is 6.04 Å². The van der Waals surface area contributed by atoms with Crippen LogP contribution in [0.5, 0.6) is 0 Å². The zero-order valence-corrected chi connectivity index (χ0v) is 10.5. The molecule has 0 aliphatic carbocycles. The van der Waals surface area contributed by atoms with Gasteiger partial charge in [0.25, 0.3) is 0 Å². The number of anilines is 1. The quantitative estimate of drug-likeness (QED) is 0.609. The predicted molar refractivity (Wildman–Crippen MR) is 65.5 cm³/mol. The highest BCUT2D eigenvalue weighted by molar-refractivity contribution is 7.98. The first-order chi connectivity index (χ1) is 7.13. The standard InChI is InChI=1S/C10H18N4S/c1-8(14(2)3)6-11-9-5-10(15-4)13-7-12-9/h5,7-8H,6H2,1-4H3,(H,11,12,13). The fraction of sp³-hybridized carbons (Fsp3) is 0.600. The molecule has 0 aliphatic heterocycles. The lowest BCUT2D eigenvalue weighted by Crippen LogP contribution is -2.31. The van der Waals surface area contributed by atoms with Gasteiger partial charge in [-0.3, -0.25) is 0 Å². The van der Waals surface area contributed by atoms with Crippen LogP contribution in [0.4, 0.5) is 5.82 Å². The highest BCUT2D eigenvalue weighted by atomic mass is 32.2. The Morgan fingerprint density at radius 3 is 2.80 bits per heavy atom. The van der Waals surface area contributed by atoms with Crippen LogP contribution in [0.3, 0.4) is 0 Å². The van der Waals surface area contributed by atoms with Crippen LogP contribution in [0.2, 0.25) is 0 Å². The second-order valence-corrected chi connectivity index (χ2v) is 4.47. The number of likely N-dealkylation sites (N-methyl/N-ethyl adjacent to an activating group) is 1. The Morgan fingerprint density at radius 2 is 2.20 bits per heavy atom. The van der Waals surface area contributed by atoms with E-state index in [2.05, 4.69) is 41.2 Å². The van der Waals surface area contributed by atoms with Crippen LogP contribution >= 0.6 is 11.8 Å². The summed E-state index contributed by atoms with van der Waals surface area (Å²) in [6.07, 6.45) is 3.60. The number of hydrogen-bond acceptors (Lipinski definition) is 5. The maximum Gasteiger partial charge on any atom is 0.130 e. The minimum Gasteiger partial charge on any atom is -0.368 e. The number of nitrogens with zero attached hydrogens (tertiary/aromatic N) is 3. The number of hydrogen-bond donors (Lipinski definition) is 1. The molecule has 0 saturated heterocycles. The van der Waals surface area contributed by atoms with Gasteiger partial charge in [0.05, 0.1) is 0 Å². The van der Waals surface area contributed by atoms with E-state index in [4.69, 9.17) is 0 Å². The molecule has 0 radical (unpaired) electrons. The van der Waals surface area contributed by atoms with Gasteiger partial charge in [-0.05, 0) is 27.3 Å². The first-order valence-corrected chi connectivity index (χ1v) is 6.12. The summed E-state index contributed by atoms with van der Waals surface area (Å²) in [4.78, 5) is 10.5. The van der Waals surface area contributed by atoms with Crippen molar-refractivity contribution < 1.29 is 0 Å². The summed E-state index contributed by atoms with van der Waals surface area (Å²) in [6, 6.07) is 2.45. The molecule has 0 aromatic carbocycles. The van der Waals surface area contributed by atoms with Crippen molar-refractivity contribution in [3.8, 4) is 0 Å². The van der Waals surface area contributed by atoms with E-state index in [1.807, 2.05) is 12.3 Å². The minimum atomic E-state index is 0.484. The van der Waals surface area contributed by atoms with Gasteiger partial charge < -0.3 is 10.2 Å². The molecule has 84 valence electrons. The third-order valence-electron chi connectivity index (χ3n) is 2.31. The summed E-state index contributed by atoms with van der Waals surface area (Å²) >= 11 is 1.62.